The molecule has 7 nitrogen and oxygen atoms in total. The summed E-state index contributed by atoms with van der Waals surface area (Å²) in [7, 11) is 0. The molecule has 3 aliphatic rings. The molecular weight excluding hydrogens is 502 g/mol. The Kier molecular flexibility index (Phi) is 6.24. The first-order valence-corrected chi connectivity index (χ1v) is 13.2. The Hall–Kier alpha value is -3.97. The first kappa shape index (κ1) is 24.4. The Bertz CT molecular complexity index is 1440. The number of Topliss-reactive ketones (excluding diaryl/α,β-unsaturated/α-hetero) is 1. The van der Waals surface area contributed by atoms with Gasteiger partial charge in [-0.25, -0.2) is 4.90 Å². The van der Waals surface area contributed by atoms with E-state index in [0.717, 1.165) is 24.0 Å². The monoisotopic (exact) mass is 527 g/mol. The molecule has 3 aromatic rings. The number of amides is 2. The van der Waals surface area contributed by atoms with Crippen LogP contribution in [0.3, 0.4) is 0 Å². The standard InChI is InChI=1S/C30H26ClN3O4/c1-2-3-16-38-22-14-12-21(13-15-22)33-29(36)24-25(30(33)37)27(28(35)18-8-10-20(31)11-9-18)34-26(24)23-7-5-4-6-19(23)17-32-34/h4-15,17,24-27H,2-3,16H2,1H3/t24-,25-,26+,27+/m1/s1. The topological polar surface area (TPSA) is 79.3 Å². The third kappa shape index (κ3) is 3.89. The second kappa shape index (κ2) is 9.72. The molecular formula is C30H26ClN3O4. The minimum atomic E-state index is -0.922. The minimum absolute atomic E-state index is 0.265. The molecule has 0 saturated carbocycles. The zero-order valence-corrected chi connectivity index (χ0v) is 21.5. The normalized spacial score (nSPS) is 23.3. The third-order valence-electron chi connectivity index (χ3n) is 7.55. The zero-order valence-electron chi connectivity index (χ0n) is 20.8. The van der Waals surface area contributed by atoms with Gasteiger partial charge in [-0.05, 0) is 66.1 Å². The molecule has 6 rings (SSSR count). The number of halogens is 1. The maximum atomic E-state index is 14.0. The zero-order chi connectivity index (χ0) is 26.4. The van der Waals surface area contributed by atoms with E-state index in [4.69, 9.17) is 16.3 Å². The van der Waals surface area contributed by atoms with Crippen LogP contribution in [0.5, 0.6) is 5.75 Å². The van der Waals surface area contributed by atoms with E-state index in [1.54, 1.807) is 59.8 Å². The van der Waals surface area contributed by atoms with Gasteiger partial charge in [-0.3, -0.25) is 19.4 Å². The Morgan fingerprint density at radius 3 is 2.39 bits per heavy atom. The molecule has 0 bridgehead atoms. The summed E-state index contributed by atoms with van der Waals surface area (Å²) in [5.74, 6) is -1.93. The number of nitrogens with zero attached hydrogens (tertiary/aromatic N) is 3. The second-order valence-corrected chi connectivity index (χ2v) is 10.2. The number of ketones is 1. The lowest BCUT2D eigenvalue weighted by Crippen LogP contribution is -2.44. The van der Waals surface area contributed by atoms with Crippen LogP contribution in [0, 0.1) is 11.8 Å². The number of benzene rings is 3. The number of rotatable bonds is 7. The van der Waals surface area contributed by atoms with Crippen LogP contribution >= 0.6 is 11.6 Å². The smallest absolute Gasteiger partial charge is 0.240 e. The Morgan fingerprint density at radius 2 is 1.66 bits per heavy atom. The number of ether oxygens (including phenoxy) is 1. The predicted octanol–water partition coefficient (Wildman–Crippen LogP) is 5.28. The number of hydrogen-bond acceptors (Lipinski definition) is 6. The van der Waals surface area contributed by atoms with E-state index in [1.165, 1.54) is 4.90 Å². The number of unbranched alkanes of at least 4 members (excludes halogenated alkanes) is 1. The molecule has 2 amide bonds. The van der Waals surface area contributed by atoms with Crippen LogP contribution in [0.4, 0.5) is 5.69 Å². The average molecular weight is 528 g/mol. The van der Waals surface area contributed by atoms with Crippen LogP contribution in [-0.2, 0) is 9.59 Å². The molecule has 0 spiro atoms. The van der Waals surface area contributed by atoms with Gasteiger partial charge in [0.2, 0.25) is 11.8 Å². The summed E-state index contributed by atoms with van der Waals surface area (Å²) in [4.78, 5) is 43.0. The molecule has 0 aromatic heterocycles. The first-order chi connectivity index (χ1) is 18.5. The van der Waals surface area contributed by atoms with Gasteiger partial charge < -0.3 is 4.74 Å². The fourth-order valence-electron chi connectivity index (χ4n) is 5.73. The van der Waals surface area contributed by atoms with Crippen molar-refractivity contribution in [2.24, 2.45) is 16.9 Å². The van der Waals surface area contributed by atoms with Gasteiger partial charge in [0.25, 0.3) is 0 Å². The molecule has 0 N–H and O–H groups in total. The molecule has 3 aromatic carbocycles. The molecule has 3 aliphatic heterocycles. The van der Waals surface area contributed by atoms with Crippen molar-refractivity contribution in [3.8, 4) is 5.75 Å². The quantitative estimate of drug-likeness (QED) is 0.237. The highest BCUT2D eigenvalue weighted by molar-refractivity contribution is 6.30. The maximum Gasteiger partial charge on any atom is 0.240 e. The Balaban J connectivity index is 1.39. The summed E-state index contributed by atoms with van der Waals surface area (Å²) in [6.45, 7) is 2.70. The minimum Gasteiger partial charge on any atom is -0.494 e. The second-order valence-electron chi connectivity index (χ2n) is 9.77. The van der Waals surface area contributed by atoms with Crippen molar-refractivity contribution >= 4 is 41.1 Å². The first-order valence-electron chi connectivity index (χ1n) is 12.8. The van der Waals surface area contributed by atoms with Crippen molar-refractivity contribution in [1.29, 1.82) is 0 Å². The van der Waals surface area contributed by atoms with Crippen molar-refractivity contribution in [3.63, 3.8) is 0 Å². The van der Waals surface area contributed by atoms with E-state index in [9.17, 15) is 14.4 Å². The number of anilines is 1. The Labute approximate surface area is 225 Å². The molecule has 0 unspecified atom stereocenters. The maximum absolute atomic E-state index is 14.0. The SMILES string of the molecule is CCCCOc1ccc(N2C(=O)[C@@H]3[C@@H](C2=O)[C@@H]2c4ccccc4C=NN2[C@@H]3C(=O)c2ccc(Cl)cc2)cc1. The van der Waals surface area contributed by atoms with Crippen LogP contribution in [0.1, 0.15) is 47.3 Å². The molecule has 2 saturated heterocycles. The van der Waals surface area contributed by atoms with Gasteiger partial charge in [0.1, 0.15) is 11.8 Å². The van der Waals surface area contributed by atoms with Crippen molar-refractivity contribution in [3.05, 3.63) is 94.5 Å². The van der Waals surface area contributed by atoms with Crippen molar-refractivity contribution in [2.45, 2.75) is 31.8 Å². The number of hydrogen-bond donors (Lipinski definition) is 0. The number of carbonyl (C=O) groups is 3. The van der Waals surface area contributed by atoms with Crippen LogP contribution in [-0.4, -0.2) is 41.5 Å². The summed E-state index contributed by atoms with van der Waals surface area (Å²) >= 11 is 6.05. The van der Waals surface area contributed by atoms with Gasteiger partial charge in [0, 0.05) is 10.6 Å². The highest BCUT2D eigenvalue weighted by Crippen LogP contribution is 2.53. The van der Waals surface area contributed by atoms with Crippen molar-refractivity contribution in [1.82, 2.24) is 5.01 Å². The number of fused-ring (bicyclic) bond motifs is 5. The van der Waals surface area contributed by atoms with Crippen LogP contribution in [0.15, 0.2) is 77.9 Å². The van der Waals surface area contributed by atoms with E-state index in [0.29, 0.717) is 28.6 Å². The van der Waals surface area contributed by atoms with Gasteiger partial charge in [-0.15, -0.1) is 0 Å². The molecule has 2 fully saturated rings. The lowest BCUT2D eigenvalue weighted by Gasteiger charge is -2.33. The van der Waals surface area contributed by atoms with Crippen LogP contribution in [0.2, 0.25) is 5.02 Å². The molecule has 8 heteroatoms. The summed E-state index contributed by atoms with van der Waals surface area (Å²) < 4.78 is 5.74. The number of imide groups is 1. The number of hydrazone groups is 1. The molecule has 4 atom stereocenters. The molecule has 38 heavy (non-hydrogen) atoms. The number of carbonyl (C=O) groups excluding carboxylic acids is 3. The van der Waals surface area contributed by atoms with E-state index >= 15 is 0 Å². The summed E-state index contributed by atoms with van der Waals surface area (Å²) in [5.41, 5.74) is 2.64. The van der Waals surface area contributed by atoms with Crippen molar-refractivity contribution < 1.29 is 19.1 Å². The van der Waals surface area contributed by atoms with E-state index < -0.39 is 29.8 Å². The lowest BCUT2D eigenvalue weighted by molar-refractivity contribution is -0.124. The largest absolute Gasteiger partial charge is 0.494 e. The third-order valence-corrected chi connectivity index (χ3v) is 7.80. The van der Waals surface area contributed by atoms with Gasteiger partial charge in [-0.1, -0.05) is 49.2 Å². The van der Waals surface area contributed by atoms with Gasteiger partial charge in [-0.2, -0.15) is 5.10 Å². The van der Waals surface area contributed by atoms with E-state index in [2.05, 4.69) is 12.0 Å². The molecule has 3 heterocycles. The Morgan fingerprint density at radius 1 is 0.947 bits per heavy atom. The fraction of sp³-hybridized carbons (Fsp3) is 0.267. The highest BCUT2D eigenvalue weighted by atomic mass is 35.5. The van der Waals surface area contributed by atoms with Gasteiger partial charge >= 0.3 is 0 Å². The molecule has 192 valence electrons. The molecule has 0 radical (unpaired) electrons. The van der Waals surface area contributed by atoms with Crippen LogP contribution < -0.4 is 9.64 Å². The molecule has 0 aliphatic carbocycles. The fourth-order valence-corrected chi connectivity index (χ4v) is 5.86. The van der Waals surface area contributed by atoms with Gasteiger partial charge in [0.05, 0.1) is 36.4 Å². The average Bonchev–Trinajstić information content (AvgIpc) is 3.41. The van der Waals surface area contributed by atoms with Gasteiger partial charge in [0.15, 0.2) is 5.78 Å². The highest BCUT2D eigenvalue weighted by Gasteiger charge is 2.65. The predicted molar refractivity (Wildman–Crippen MR) is 145 cm³/mol. The van der Waals surface area contributed by atoms with E-state index in [1.807, 2.05) is 24.3 Å². The summed E-state index contributed by atoms with van der Waals surface area (Å²) in [5, 5.41) is 6.76. The summed E-state index contributed by atoms with van der Waals surface area (Å²) in [6.07, 6.45) is 3.66. The van der Waals surface area contributed by atoms with Crippen LogP contribution in [0.25, 0.3) is 0 Å². The van der Waals surface area contributed by atoms with E-state index in [-0.39, 0.29) is 11.7 Å². The lowest BCUT2D eigenvalue weighted by atomic mass is 9.83. The van der Waals surface area contributed by atoms with Crippen molar-refractivity contribution in [2.75, 3.05) is 11.5 Å². The summed E-state index contributed by atoms with van der Waals surface area (Å²) in [6, 6.07) is 19.8.